The van der Waals surface area contributed by atoms with E-state index in [1.807, 2.05) is 29.9 Å². The number of ether oxygens (including phenoxy) is 1. The summed E-state index contributed by atoms with van der Waals surface area (Å²) in [5.41, 5.74) is 1.06. The van der Waals surface area contributed by atoms with Gasteiger partial charge in [0.05, 0.1) is 18.8 Å². The molecule has 0 aromatic carbocycles. The van der Waals surface area contributed by atoms with Gasteiger partial charge in [-0.1, -0.05) is 0 Å². The van der Waals surface area contributed by atoms with Crippen LogP contribution in [0, 0.1) is 0 Å². The maximum atomic E-state index is 5.59. The molecule has 0 aliphatic carbocycles. The largest absolute Gasteiger partial charge is 0.476 e. The Balaban J connectivity index is 2.41. The fraction of sp³-hybridized carbons (Fsp3) is 0.667. The third-order valence-electron chi connectivity index (χ3n) is 2.41. The highest BCUT2D eigenvalue weighted by molar-refractivity contribution is 5.53. The Kier molecular flexibility index (Phi) is 1.90. The van der Waals surface area contributed by atoms with Crippen LogP contribution < -0.4 is 9.64 Å². The normalized spacial score (nSPS) is 20.7. The number of aromatic nitrogens is 2. The van der Waals surface area contributed by atoms with Crippen molar-refractivity contribution < 1.29 is 4.74 Å². The van der Waals surface area contributed by atoms with Crippen molar-refractivity contribution in [3.63, 3.8) is 0 Å². The molecule has 1 unspecified atom stereocenters. The Bertz CT molecular complexity index is 292. The molecule has 4 nitrogen and oxygen atoms in total. The lowest BCUT2D eigenvalue weighted by molar-refractivity contribution is 0.202. The molecule has 13 heavy (non-hydrogen) atoms. The fourth-order valence-corrected chi connectivity index (χ4v) is 1.55. The molecule has 0 radical (unpaired) electrons. The first-order chi connectivity index (χ1) is 6.20. The lowest BCUT2D eigenvalue weighted by Crippen LogP contribution is -2.20. The average Bonchev–Trinajstić information content (AvgIpc) is 2.48. The zero-order valence-corrected chi connectivity index (χ0v) is 8.32. The SMILES string of the molecule is CC1CCOc2c(N(C)C)cnn21. The van der Waals surface area contributed by atoms with E-state index >= 15 is 0 Å². The van der Waals surface area contributed by atoms with Gasteiger partial charge in [0.2, 0.25) is 5.88 Å². The van der Waals surface area contributed by atoms with Gasteiger partial charge in [-0.15, -0.1) is 0 Å². The first-order valence-corrected chi connectivity index (χ1v) is 4.58. The van der Waals surface area contributed by atoms with Gasteiger partial charge in [0.1, 0.15) is 5.69 Å². The minimum Gasteiger partial charge on any atom is -0.476 e. The van der Waals surface area contributed by atoms with Crippen LogP contribution in [0.25, 0.3) is 0 Å². The minimum absolute atomic E-state index is 0.456. The van der Waals surface area contributed by atoms with Gasteiger partial charge in [-0.25, -0.2) is 4.68 Å². The van der Waals surface area contributed by atoms with Crippen molar-refractivity contribution in [1.29, 1.82) is 0 Å². The molecule has 1 aliphatic heterocycles. The molecule has 4 heteroatoms. The van der Waals surface area contributed by atoms with Crippen LogP contribution in [0.4, 0.5) is 5.69 Å². The Hall–Kier alpha value is -1.19. The average molecular weight is 181 g/mol. The van der Waals surface area contributed by atoms with Crippen LogP contribution in [0.5, 0.6) is 5.88 Å². The smallest absolute Gasteiger partial charge is 0.236 e. The molecule has 2 heterocycles. The van der Waals surface area contributed by atoms with Crippen LogP contribution in [0.3, 0.4) is 0 Å². The number of hydrogen-bond acceptors (Lipinski definition) is 3. The van der Waals surface area contributed by atoms with Gasteiger partial charge < -0.3 is 9.64 Å². The second-order valence-electron chi connectivity index (χ2n) is 3.66. The molecule has 1 aromatic rings. The van der Waals surface area contributed by atoms with E-state index in [0.29, 0.717) is 6.04 Å². The van der Waals surface area contributed by atoms with Crippen molar-refractivity contribution in [2.45, 2.75) is 19.4 Å². The molecule has 0 N–H and O–H groups in total. The van der Waals surface area contributed by atoms with Crippen LogP contribution in [-0.2, 0) is 0 Å². The first kappa shape index (κ1) is 8.41. The van der Waals surface area contributed by atoms with Crippen molar-refractivity contribution in [3.8, 4) is 5.88 Å². The Labute approximate surface area is 78.1 Å². The van der Waals surface area contributed by atoms with Crippen molar-refractivity contribution >= 4 is 5.69 Å². The second kappa shape index (κ2) is 2.94. The molecular formula is C9H15N3O. The third kappa shape index (κ3) is 1.26. The van der Waals surface area contributed by atoms with Gasteiger partial charge in [-0.3, -0.25) is 0 Å². The lowest BCUT2D eigenvalue weighted by Gasteiger charge is -2.23. The van der Waals surface area contributed by atoms with E-state index in [4.69, 9.17) is 4.74 Å². The summed E-state index contributed by atoms with van der Waals surface area (Å²) < 4.78 is 7.54. The van der Waals surface area contributed by atoms with E-state index in [1.54, 1.807) is 0 Å². The van der Waals surface area contributed by atoms with Gasteiger partial charge in [0.25, 0.3) is 0 Å². The van der Waals surface area contributed by atoms with Crippen LogP contribution >= 0.6 is 0 Å². The van der Waals surface area contributed by atoms with E-state index in [1.165, 1.54) is 0 Å². The Morgan fingerprint density at radius 3 is 3.08 bits per heavy atom. The molecule has 0 saturated carbocycles. The molecule has 1 aliphatic rings. The van der Waals surface area contributed by atoms with E-state index < -0.39 is 0 Å². The van der Waals surface area contributed by atoms with E-state index in [-0.39, 0.29) is 0 Å². The number of nitrogens with zero attached hydrogens (tertiary/aromatic N) is 3. The molecular weight excluding hydrogens is 166 g/mol. The molecule has 0 fully saturated rings. The van der Waals surface area contributed by atoms with Crippen molar-refractivity contribution in [2.24, 2.45) is 0 Å². The van der Waals surface area contributed by atoms with E-state index in [0.717, 1.165) is 24.6 Å². The zero-order chi connectivity index (χ0) is 9.42. The van der Waals surface area contributed by atoms with Crippen molar-refractivity contribution in [3.05, 3.63) is 6.20 Å². The highest BCUT2D eigenvalue weighted by atomic mass is 16.5. The molecule has 1 atom stereocenters. The van der Waals surface area contributed by atoms with Crippen molar-refractivity contribution in [1.82, 2.24) is 9.78 Å². The van der Waals surface area contributed by atoms with Gasteiger partial charge in [-0.05, 0) is 6.92 Å². The van der Waals surface area contributed by atoms with Gasteiger partial charge in [0, 0.05) is 20.5 Å². The summed E-state index contributed by atoms with van der Waals surface area (Å²) >= 11 is 0. The fourth-order valence-electron chi connectivity index (χ4n) is 1.55. The number of hydrogen-bond donors (Lipinski definition) is 0. The summed E-state index contributed by atoms with van der Waals surface area (Å²) in [6.07, 6.45) is 2.90. The zero-order valence-electron chi connectivity index (χ0n) is 8.32. The second-order valence-corrected chi connectivity index (χ2v) is 3.66. The van der Waals surface area contributed by atoms with Crippen LogP contribution in [0.1, 0.15) is 19.4 Å². The predicted octanol–water partition coefficient (Wildman–Crippen LogP) is 1.29. The number of rotatable bonds is 1. The molecule has 1 aromatic heterocycles. The summed E-state index contributed by atoms with van der Waals surface area (Å²) in [4.78, 5) is 2.02. The lowest BCUT2D eigenvalue weighted by atomic mass is 10.2. The molecule has 0 amide bonds. The Morgan fingerprint density at radius 1 is 1.62 bits per heavy atom. The Morgan fingerprint density at radius 2 is 2.38 bits per heavy atom. The van der Waals surface area contributed by atoms with Gasteiger partial charge in [0.15, 0.2) is 0 Å². The topological polar surface area (TPSA) is 30.3 Å². The minimum atomic E-state index is 0.456. The van der Waals surface area contributed by atoms with Crippen molar-refractivity contribution in [2.75, 3.05) is 25.6 Å². The van der Waals surface area contributed by atoms with Crippen LogP contribution in [-0.4, -0.2) is 30.5 Å². The summed E-state index contributed by atoms with van der Waals surface area (Å²) in [5, 5.41) is 4.31. The van der Waals surface area contributed by atoms with Crippen LogP contribution in [0.2, 0.25) is 0 Å². The first-order valence-electron chi connectivity index (χ1n) is 4.58. The molecule has 0 saturated heterocycles. The number of fused-ring (bicyclic) bond motifs is 1. The highest BCUT2D eigenvalue weighted by Gasteiger charge is 2.22. The molecule has 2 rings (SSSR count). The summed E-state index contributed by atoms with van der Waals surface area (Å²) in [7, 11) is 4.00. The molecule has 72 valence electrons. The van der Waals surface area contributed by atoms with E-state index in [2.05, 4.69) is 12.0 Å². The maximum absolute atomic E-state index is 5.59. The molecule has 0 spiro atoms. The predicted molar refractivity (Wildman–Crippen MR) is 51.4 cm³/mol. The molecule has 0 bridgehead atoms. The third-order valence-corrected chi connectivity index (χ3v) is 2.41. The highest BCUT2D eigenvalue weighted by Crippen LogP contribution is 2.33. The number of anilines is 1. The maximum Gasteiger partial charge on any atom is 0.236 e. The van der Waals surface area contributed by atoms with Gasteiger partial charge >= 0.3 is 0 Å². The summed E-state index contributed by atoms with van der Waals surface area (Å²) in [5.74, 6) is 0.906. The summed E-state index contributed by atoms with van der Waals surface area (Å²) in [6, 6.07) is 0.456. The standard InChI is InChI=1S/C9H15N3O/c1-7-4-5-13-9-8(11(2)3)6-10-12(7)9/h6-7H,4-5H2,1-3H3. The van der Waals surface area contributed by atoms with Crippen LogP contribution in [0.15, 0.2) is 6.20 Å². The van der Waals surface area contributed by atoms with E-state index in [9.17, 15) is 0 Å². The monoisotopic (exact) mass is 181 g/mol. The van der Waals surface area contributed by atoms with Gasteiger partial charge in [-0.2, -0.15) is 5.10 Å². The quantitative estimate of drug-likeness (QED) is 0.654. The summed E-state index contributed by atoms with van der Waals surface area (Å²) in [6.45, 7) is 2.96.